The van der Waals surface area contributed by atoms with E-state index in [0.29, 0.717) is 6.04 Å². The van der Waals surface area contributed by atoms with Gasteiger partial charge in [-0.2, -0.15) is 5.10 Å². The minimum absolute atomic E-state index is 0.347. The molecule has 23 heavy (non-hydrogen) atoms. The van der Waals surface area contributed by atoms with E-state index in [1.54, 1.807) is 0 Å². The van der Waals surface area contributed by atoms with Gasteiger partial charge in [-0.15, -0.1) is 0 Å². The molecule has 4 heteroatoms. The third-order valence-electron chi connectivity index (χ3n) is 5.30. The van der Waals surface area contributed by atoms with Gasteiger partial charge in [-0.05, 0) is 69.8 Å². The summed E-state index contributed by atoms with van der Waals surface area (Å²) in [6.45, 7) is 6.13. The molecule has 122 valence electrons. The molecular formula is C19H25N3O. The third-order valence-corrected chi connectivity index (χ3v) is 5.30. The van der Waals surface area contributed by atoms with Crippen LogP contribution in [0.3, 0.4) is 0 Å². The van der Waals surface area contributed by atoms with E-state index in [0.717, 1.165) is 49.4 Å². The van der Waals surface area contributed by atoms with Crippen molar-refractivity contribution in [2.45, 2.75) is 57.7 Å². The first-order valence-corrected chi connectivity index (χ1v) is 8.64. The van der Waals surface area contributed by atoms with Gasteiger partial charge in [0.15, 0.2) is 0 Å². The van der Waals surface area contributed by atoms with Crippen LogP contribution in [-0.4, -0.2) is 38.0 Å². The molecule has 4 nitrogen and oxygen atoms in total. The Kier molecular flexibility index (Phi) is 3.54. The van der Waals surface area contributed by atoms with Crippen LogP contribution in [0.1, 0.15) is 42.6 Å². The number of nitrogens with zero attached hydrogens (tertiary/aromatic N) is 3. The van der Waals surface area contributed by atoms with Crippen molar-refractivity contribution in [3.63, 3.8) is 0 Å². The van der Waals surface area contributed by atoms with Crippen molar-refractivity contribution in [3.8, 4) is 5.69 Å². The largest absolute Gasteiger partial charge is 0.388 e. The Labute approximate surface area is 137 Å². The van der Waals surface area contributed by atoms with E-state index in [4.69, 9.17) is 0 Å². The third kappa shape index (κ3) is 2.81. The zero-order chi connectivity index (χ0) is 16.0. The van der Waals surface area contributed by atoms with Crippen LogP contribution in [0.4, 0.5) is 0 Å². The highest BCUT2D eigenvalue weighted by Gasteiger charge is 2.51. The first-order chi connectivity index (χ1) is 11.0. The number of likely N-dealkylation sites (tertiary alicyclic amines) is 1. The Morgan fingerprint density at radius 3 is 2.78 bits per heavy atom. The second kappa shape index (κ2) is 5.46. The van der Waals surface area contributed by atoms with Crippen LogP contribution >= 0.6 is 0 Å². The Bertz CT molecular complexity index is 717. The van der Waals surface area contributed by atoms with Gasteiger partial charge >= 0.3 is 0 Å². The molecule has 0 bridgehead atoms. The SMILES string of the molecule is Cc1cc(C)n(-c2cccc(CN3CCCC3C3(O)CC3)c2)n1. The Morgan fingerprint density at radius 1 is 1.26 bits per heavy atom. The van der Waals surface area contributed by atoms with E-state index in [-0.39, 0.29) is 0 Å². The Morgan fingerprint density at radius 2 is 2.09 bits per heavy atom. The summed E-state index contributed by atoms with van der Waals surface area (Å²) in [5.74, 6) is 0. The molecule has 2 fully saturated rings. The van der Waals surface area contributed by atoms with Gasteiger partial charge in [0, 0.05) is 18.3 Å². The van der Waals surface area contributed by atoms with Gasteiger partial charge < -0.3 is 5.11 Å². The van der Waals surface area contributed by atoms with Gasteiger partial charge in [-0.3, -0.25) is 4.90 Å². The molecule has 1 atom stereocenters. The number of aryl methyl sites for hydroxylation is 2. The van der Waals surface area contributed by atoms with Crippen molar-refractivity contribution in [2.24, 2.45) is 0 Å². The standard InChI is InChI=1S/C19H25N3O/c1-14-11-15(2)22(20-14)17-6-3-5-16(12-17)13-21-10-4-7-18(21)19(23)8-9-19/h3,5-6,11-12,18,23H,4,7-10,13H2,1-2H3. The van der Waals surface area contributed by atoms with Crippen molar-refractivity contribution >= 4 is 0 Å². The number of rotatable bonds is 4. The van der Waals surface area contributed by atoms with E-state index < -0.39 is 5.60 Å². The van der Waals surface area contributed by atoms with Crippen LogP contribution in [0.2, 0.25) is 0 Å². The molecule has 0 radical (unpaired) electrons. The quantitative estimate of drug-likeness (QED) is 0.944. The maximum Gasteiger partial charge on any atom is 0.0804 e. The molecule has 1 aromatic carbocycles. The zero-order valence-corrected chi connectivity index (χ0v) is 14.0. The summed E-state index contributed by atoms with van der Waals surface area (Å²) in [7, 11) is 0. The normalized spacial score (nSPS) is 23.3. The van der Waals surface area contributed by atoms with Gasteiger partial charge in [0.25, 0.3) is 0 Å². The van der Waals surface area contributed by atoms with E-state index >= 15 is 0 Å². The monoisotopic (exact) mass is 311 g/mol. The van der Waals surface area contributed by atoms with Crippen molar-refractivity contribution < 1.29 is 5.11 Å². The first kappa shape index (κ1) is 14.9. The summed E-state index contributed by atoms with van der Waals surface area (Å²) in [6.07, 6.45) is 4.28. The average molecular weight is 311 g/mol. The van der Waals surface area contributed by atoms with Gasteiger partial charge in [0.2, 0.25) is 0 Å². The summed E-state index contributed by atoms with van der Waals surface area (Å²) in [5, 5.41) is 15.1. The van der Waals surface area contributed by atoms with Crippen LogP contribution in [-0.2, 0) is 6.54 Å². The lowest BCUT2D eigenvalue weighted by molar-refractivity contribution is 0.0481. The number of benzene rings is 1. The maximum atomic E-state index is 10.5. The summed E-state index contributed by atoms with van der Waals surface area (Å²) in [6, 6.07) is 11.1. The van der Waals surface area contributed by atoms with Crippen LogP contribution in [0, 0.1) is 13.8 Å². The minimum Gasteiger partial charge on any atom is -0.388 e. The Balaban J connectivity index is 1.56. The fourth-order valence-electron chi connectivity index (χ4n) is 4.00. The van der Waals surface area contributed by atoms with E-state index in [1.807, 2.05) is 11.6 Å². The highest BCUT2D eigenvalue weighted by molar-refractivity contribution is 5.37. The van der Waals surface area contributed by atoms with E-state index in [1.165, 1.54) is 12.0 Å². The molecule has 1 N–H and O–H groups in total. The van der Waals surface area contributed by atoms with Gasteiger partial charge in [0.05, 0.1) is 17.0 Å². The molecule has 2 aromatic rings. The molecule has 1 aliphatic carbocycles. The van der Waals surface area contributed by atoms with Crippen molar-refractivity contribution in [1.82, 2.24) is 14.7 Å². The first-order valence-electron chi connectivity index (χ1n) is 8.64. The van der Waals surface area contributed by atoms with Crippen LogP contribution < -0.4 is 0 Å². The number of aromatic nitrogens is 2. The molecule has 2 aliphatic rings. The summed E-state index contributed by atoms with van der Waals surface area (Å²) >= 11 is 0. The molecule has 1 aliphatic heterocycles. The molecule has 1 aromatic heterocycles. The number of hydrogen-bond acceptors (Lipinski definition) is 3. The fourth-order valence-corrected chi connectivity index (χ4v) is 4.00. The number of hydrogen-bond donors (Lipinski definition) is 1. The van der Waals surface area contributed by atoms with E-state index in [2.05, 4.69) is 47.3 Å². The van der Waals surface area contributed by atoms with Gasteiger partial charge in [0.1, 0.15) is 0 Å². The summed E-state index contributed by atoms with van der Waals surface area (Å²) < 4.78 is 2.01. The summed E-state index contributed by atoms with van der Waals surface area (Å²) in [4.78, 5) is 2.47. The second-order valence-electron chi connectivity index (χ2n) is 7.24. The highest BCUT2D eigenvalue weighted by atomic mass is 16.3. The van der Waals surface area contributed by atoms with Crippen LogP contribution in [0.25, 0.3) is 5.69 Å². The predicted octanol–water partition coefficient (Wildman–Crippen LogP) is 2.98. The van der Waals surface area contributed by atoms with Crippen LogP contribution in [0.15, 0.2) is 30.3 Å². The molecule has 2 heterocycles. The molecule has 0 amide bonds. The fraction of sp³-hybridized carbons (Fsp3) is 0.526. The molecule has 1 saturated heterocycles. The highest BCUT2D eigenvalue weighted by Crippen LogP contribution is 2.44. The van der Waals surface area contributed by atoms with Crippen LogP contribution in [0.5, 0.6) is 0 Å². The average Bonchev–Trinajstić information content (AvgIpc) is 2.94. The van der Waals surface area contributed by atoms with Crippen molar-refractivity contribution in [1.29, 1.82) is 0 Å². The summed E-state index contributed by atoms with van der Waals surface area (Å²) in [5.41, 5.74) is 4.22. The molecule has 1 unspecified atom stereocenters. The van der Waals surface area contributed by atoms with Gasteiger partial charge in [-0.1, -0.05) is 12.1 Å². The van der Waals surface area contributed by atoms with Crippen molar-refractivity contribution in [2.75, 3.05) is 6.54 Å². The lowest BCUT2D eigenvalue weighted by Crippen LogP contribution is -2.40. The topological polar surface area (TPSA) is 41.3 Å². The predicted molar refractivity (Wildman–Crippen MR) is 90.7 cm³/mol. The lowest BCUT2D eigenvalue weighted by Gasteiger charge is -2.28. The number of aliphatic hydroxyl groups is 1. The van der Waals surface area contributed by atoms with E-state index in [9.17, 15) is 5.11 Å². The lowest BCUT2D eigenvalue weighted by atomic mass is 10.1. The molecular weight excluding hydrogens is 286 g/mol. The molecule has 4 rings (SSSR count). The maximum absolute atomic E-state index is 10.5. The second-order valence-corrected chi connectivity index (χ2v) is 7.24. The minimum atomic E-state index is -0.399. The smallest absolute Gasteiger partial charge is 0.0804 e. The molecule has 1 saturated carbocycles. The van der Waals surface area contributed by atoms with Crippen molar-refractivity contribution in [3.05, 3.63) is 47.3 Å². The zero-order valence-electron chi connectivity index (χ0n) is 14.0. The Hall–Kier alpha value is -1.65. The molecule has 0 spiro atoms. The van der Waals surface area contributed by atoms with Gasteiger partial charge in [-0.25, -0.2) is 4.68 Å².